The van der Waals surface area contributed by atoms with E-state index < -0.39 is 10.4 Å². The van der Waals surface area contributed by atoms with Gasteiger partial charge >= 0.3 is 0 Å². The molecule has 0 aliphatic heterocycles. The van der Waals surface area contributed by atoms with E-state index in [1.54, 1.807) is 19.0 Å². The fraction of sp³-hybridized carbons (Fsp3) is 0.700. The second-order valence-corrected chi connectivity index (χ2v) is 4.93. The van der Waals surface area contributed by atoms with Crippen molar-refractivity contribution in [2.24, 2.45) is 0 Å². The molecular weight excluding hydrogens is 260 g/mol. The number of carbonyl (C=O) groups excluding carboxylic acids is 1. The van der Waals surface area contributed by atoms with Crippen LogP contribution in [0.2, 0.25) is 0 Å². The lowest BCUT2D eigenvalue weighted by molar-refractivity contribution is -0.366. The Morgan fingerprint density at radius 3 is 1.94 bits per heavy atom. The highest BCUT2D eigenvalue weighted by Gasteiger charge is 2.08. The summed E-state index contributed by atoms with van der Waals surface area (Å²) >= 11 is 0. The minimum atomic E-state index is -4.41. The van der Waals surface area contributed by atoms with Crippen molar-refractivity contribution in [3.8, 4) is 0 Å². The summed E-state index contributed by atoms with van der Waals surface area (Å²) in [6, 6.07) is 0. The molecule has 0 saturated heterocycles. The third-order valence-corrected chi connectivity index (χ3v) is 2.53. The first kappa shape index (κ1) is 19.4. The third kappa shape index (κ3) is 10.2. The smallest absolute Gasteiger partial charge is 0.248 e. The first-order chi connectivity index (χ1) is 8.06. The van der Waals surface area contributed by atoms with E-state index in [4.69, 9.17) is 0 Å². The van der Waals surface area contributed by atoms with Crippen LogP contribution < -0.4 is 5.73 Å². The molecule has 0 saturated carbocycles. The van der Waals surface area contributed by atoms with Crippen molar-refractivity contribution in [2.45, 2.75) is 20.3 Å². The molecule has 7 nitrogen and oxygen atoms in total. The van der Waals surface area contributed by atoms with Gasteiger partial charge in [0.2, 0.25) is 16.3 Å². The van der Waals surface area contributed by atoms with E-state index in [0.29, 0.717) is 0 Å². The molecule has 0 bridgehead atoms. The van der Waals surface area contributed by atoms with Crippen molar-refractivity contribution >= 4 is 16.3 Å². The topological polar surface area (TPSA) is 114 Å². The maximum atomic E-state index is 11.4. The Morgan fingerprint density at radius 2 is 1.72 bits per heavy atom. The van der Waals surface area contributed by atoms with E-state index in [1.807, 2.05) is 13.8 Å². The minimum Gasteiger partial charge on any atom is -0.726 e. The molecule has 0 radical (unpaired) electrons. The molecule has 0 aliphatic carbocycles. The monoisotopic (exact) mass is 282 g/mol. The number of hydrogen-bond donors (Lipinski definition) is 1. The molecule has 0 unspecified atom stereocenters. The van der Waals surface area contributed by atoms with Gasteiger partial charge in [-0.05, 0) is 13.8 Å². The van der Waals surface area contributed by atoms with Gasteiger partial charge in [-0.15, -0.1) is 0 Å². The van der Waals surface area contributed by atoms with Crippen LogP contribution in [0.5, 0.6) is 0 Å². The molecule has 0 aromatic heterocycles. The second-order valence-electron chi connectivity index (χ2n) is 3.78. The van der Waals surface area contributed by atoms with E-state index in [9.17, 15) is 17.8 Å². The Balaban J connectivity index is 0. The van der Waals surface area contributed by atoms with E-state index >= 15 is 0 Å². The van der Waals surface area contributed by atoms with Crippen molar-refractivity contribution in [3.63, 3.8) is 0 Å². The van der Waals surface area contributed by atoms with Crippen molar-refractivity contribution in [3.05, 3.63) is 11.1 Å². The molecule has 1 amide bonds. The number of hydrogen-bond acceptors (Lipinski definition) is 5. The fourth-order valence-electron chi connectivity index (χ4n) is 0.971. The molecule has 108 valence electrons. The van der Waals surface area contributed by atoms with Crippen molar-refractivity contribution in [1.82, 2.24) is 4.90 Å². The zero-order chi connectivity index (χ0) is 14.9. The number of carbonyl (C=O) groups is 1. The van der Waals surface area contributed by atoms with Crippen LogP contribution in [0, 0.1) is 0 Å². The van der Waals surface area contributed by atoms with Gasteiger partial charge in [0.05, 0.1) is 13.7 Å². The first-order valence-electron chi connectivity index (χ1n) is 5.25. The van der Waals surface area contributed by atoms with Gasteiger partial charge < -0.3 is 15.2 Å². The minimum absolute atomic E-state index is 0.0981. The zero-order valence-corrected chi connectivity index (χ0v) is 12.3. The van der Waals surface area contributed by atoms with Crippen LogP contribution in [0.3, 0.4) is 0 Å². The maximum absolute atomic E-state index is 11.4. The SMILES string of the molecule is CC(CC[NH3+])=C(C)C(=O)N(C)C.COS(=O)(=O)[O-]. The summed E-state index contributed by atoms with van der Waals surface area (Å²) in [7, 11) is -0.0698. The molecule has 0 atom stereocenters. The zero-order valence-electron chi connectivity index (χ0n) is 11.5. The number of likely N-dealkylation sites (N-methyl/N-ethyl adjacent to an activating group) is 1. The van der Waals surface area contributed by atoms with Gasteiger partial charge in [0.15, 0.2) is 0 Å². The fourth-order valence-corrected chi connectivity index (χ4v) is 0.971. The normalized spacial score (nSPS) is 12.2. The molecule has 0 spiro atoms. The Hall–Kier alpha value is -0.960. The van der Waals surface area contributed by atoms with Gasteiger partial charge in [0.25, 0.3) is 0 Å². The van der Waals surface area contributed by atoms with Gasteiger partial charge in [0.1, 0.15) is 0 Å². The van der Waals surface area contributed by atoms with E-state index in [0.717, 1.165) is 31.2 Å². The second kappa shape index (κ2) is 9.03. The highest BCUT2D eigenvalue weighted by molar-refractivity contribution is 7.80. The molecule has 0 aliphatic rings. The summed E-state index contributed by atoms with van der Waals surface area (Å²) in [4.78, 5) is 13.0. The number of rotatable bonds is 4. The van der Waals surface area contributed by atoms with Crippen molar-refractivity contribution < 1.29 is 27.7 Å². The molecule has 0 heterocycles. The van der Waals surface area contributed by atoms with Crippen LogP contribution in [-0.2, 0) is 19.4 Å². The Morgan fingerprint density at radius 1 is 1.33 bits per heavy atom. The highest BCUT2D eigenvalue weighted by Crippen LogP contribution is 2.08. The summed E-state index contributed by atoms with van der Waals surface area (Å²) in [5.74, 6) is 0.0981. The standard InChI is InChI=1S/C9H18N2O.CH4O4S/c1-7(5-6-10)8(2)9(12)11(3)4;1-5-6(2,3)4/h5-6,10H2,1-4H3;1H3,(H,2,3,4). The molecule has 3 N–H and O–H groups in total. The quantitative estimate of drug-likeness (QED) is 0.409. The van der Waals surface area contributed by atoms with Gasteiger partial charge in [-0.3, -0.25) is 8.98 Å². The lowest BCUT2D eigenvalue weighted by atomic mass is 10.1. The Kier molecular flexibility index (Phi) is 9.73. The summed E-state index contributed by atoms with van der Waals surface area (Å²) in [6.07, 6.45) is 0.908. The van der Waals surface area contributed by atoms with Crippen LogP contribution in [-0.4, -0.2) is 51.5 Å². The average molecular weight is 282 g/mol. The third-order valence-electron chi connectivity index (χ3n) is 2.12. The van der Waals surface area contributed by atoms with E-state index in [1.165, 1.54) is 0 Å². The van der Waals surface area contributed by atoms with Crippen LogP contribution in [0.15, 0.2) is 11.1 Å². The molecule has 0 rings (SSSR count). The molecule has 8 heteroatoms. The molecular formula is C10H22N2O5S. The summed E-state index contributed by atoms with van der Waals surface area (Å²) in [5.41, 5.74) is 5.75. The number of nitrogens with zero attached hydrogens (tertiary/aromatic N) is 1. The number of quaternary nitrogens is 1. The van der Waals surface area contributed by atoms with E-state index in [-0.39, 0.29) is 5.91 Å². The molecule has 0 fully saturated rings. The lowest BCUT2D eigenvalue weighted by Crippen LogP contribution is -2.50. The average Bonchev–Trinajstić information content (AvgIpc) is 2.27. The van der Waals surface area contributed by atoms with E-state index in [2.05, 4.69) is 9.92 Å². The summed E-state index contributed by atoms with van der Waals surface area (Å²) < 4.78 is 31.0. The molecule has 0 aromatic rings. The van der Waals surface area contributed by atoms with Crippen LogP contribution >= 0.6 is 0 Å². The Labute approximate surface area is 109 Å². The lowest BCUT2D eigenvalue weighted by Gasteiger charge is -2.12. The van der Waals surface area contributed by atoms with Gasteiger partial charge in [-0.25, -0.2) is 8.42 Å². The number of amides is 1. The first-order valence-corrected chi connectivity index (χ1v) is 6.58. The van der Waals surface area contributed by atoms with Crippen molar-refractivity contribution in [1.29, 1.82) is 0 Å². The maximum Gasteiger partial charge on any atom is 0.248 e. The summed E-state index contributed by atoms with van der Waals surface area (Å²) in [5, 5.41) is 0. The predicted molar refractivity (Wildman–Crippen MR) is 66.1 cm³/mol. The highest BCUT2D eigenvalue weighted by atomic mass is 32.3. The summed E-state index contributed by atoms with van der Waals surface area (Å²) in [6.45, 7) is 4.71. The molecule has 18 heavy (non-hydrogen) atoms. The van der Waals surface area contributed by atoms with Gasteiger partial charge in [-0.1, -0.05) is 5.57 Å². The van der Waals surface area contributed by atoms with Crippen LogP contribution in [0.1, 0.15) is 20.3 Å². The van der Waals surface area contributed by atoms with Gasteiger partial charge in [0, 0.05) is 26.1 Å². The Bertz CT molecular complexity index is 387. The predicted octanol–water partition coefficient (Wildman–Crippen LogP) is -0.864. The van der Waals surface area contributed by atoms with Crippen LogP contribution in [0.4, 0.5) is 0 Å². The molecule has 0 aromatic carbocycles. The van der Waals surface area contributed by atoms with Gasteiger partial charge in [-0.2, -0.15) is 0 Å². The largest absolute Gasteiger partial charge is 0.726 e. The van der Waals surface area contributed by atoms with Crippen molar-refractivity contribution in [2.75, 3.05) is 27.7 Å². The van der Waals surface area contributed by atoms with Crippen LogP contribution in [0.25, 0.3) is 0 Å².